The average molecular weight is 475 g/mol. The maximum atomic E-state index is 6.45. The van der Waals surface area contributed by atoms with Crippen LogP contribution in [0.5, 0.6) is 11.5 Å². The molecule has 8 nitrogen and oxygen atoms in total. The van der Waals surface area contributed by atoms with Crippen LogP contribution >= 0.6 is 0 Å². The molecule has 0 saturated carbocycles. The number of aliphatic imine (C=N–C) groups is 1. The van der Waals surface area contributed by atoms with Crippen molar-refractivity contribution in [2.75, 3.05) is 38.3 Å². The van der Waals surface area contributed by atoms with E-state index in [4.69, 9.17) is 20.3 Å². The second-order valence-corrected chi connectivity index (χ2v) is 9.16. The predicted molar refractivity (Wildman–Crippen MR) is 139 cm³/mol. The zero-order chi connectivity index (χ0) is 24.4. The molecule has 3 heterocycles. The molecular formula is C27H34N6O2. The quantitative estimate of drug-likeness (QED) is 0.544. The standard InChI is InChI=1S/C27H34N6O2/c1-4-34-19(2)32-16-8-9-21(17-32)33-27-24(26(28)29-18-31(27)3)25(30-33)20-12-14-23(15-13-20)35-22-10-6-5-7-11-22/h5-7,10-15,19,21H,4,8-9,16-18H2,1-3H3,(H2,28,29)/t19?,21-/m1/s1. The Bertz CT molecular complexity index is 1170. The van der Waals surface area contributed by atoms with E-state index in [0.29, 0.717) is 19.1 Å². The molecule has 0 bridgehead atoms. The Balaban J connectivity index is 1.47. The topological polar surface area (TPSA) is 81.1 Å². The van der Waals surface area contributed by atoms with Crippen LogP contribution in [0, 0.1) is 0 Å². The van der Waals surface area contributed by atoms with Gasteiger partial charge in [0, 0.05) is 32.3 Å². The van der Waals surface area contributed by atoms with E-state index in [1.165, 1.54) is 0 Å². The fourth-order valence-electron chi connectivity index (χ4n) is 4.98. The van der Waals surface area contributed by atoms with Gasteiger partial charge < -0.3 is 20.1 Å². The van der Waals surface area contributed by atoms with Crippen LogP contribution in [0.2, 0.25) is 0 Å². The Kier molecular flexibility index (Phi) is 6.74. The molecule has 184 valence electrons. The molecule has 5 rings (SSSR count). The summed E-state index contributed by atoms with van der Waals surface area (Å²) in [6, 6.07) is 18.0. The zero-order valence-corrected chi connectivity index (χ0v) is 20.7. The molecule has 0 amide bonds. The molecule has 35 heavy (non-hydrogen) atoms. The summed E-state index contributed by atoms with van der Waals surface area (Å²) in [6.07, 6.45) is 2.26. The van der Waals surface area contributed by atoms with Crippen LogP contribution in [0.25, 0.3) is 11.3 Å². The number of hydrogen-bond acceptors (Lipinski definition) is 7. The van der Waals surface area contributed by atoms with Gasteiger partial charge in [0.2, 0.25) is 0 Å². The van der Waals surface area contributed by atoms with Crippen LogP contribution in [0.1, 0.15) is 38.3 Å². The summed E-state index contributed by atoms with van der Waals surface area (Å²) in [5.41, 5.74) is 9.21. The number of amidine groups is 1. The Hall–Kier alpha value is -3.36. The average Bonchev–Trinajstić information content (AvgIpc) is 3.30. The molecule has 1 saturated heterocycles. The summed E-state index contributed by atoms with van der Waals surface area (Å²) in [4.78, 5) is 9.09. The lowest BCUT2D eigenvalue weighted by molar-refractivity contribution is -0.0584. The van der Waals surface area contributed by atoms with Crippen LogP contribution in [0.15, 0.2) is 59.6 Å². The molecular weight excluding hydrogens is 440 g/mol. The minimum atomic E-state index is 0.0928. The van der Waals surface area contributed by atoms with Crippen molar-refractivity contribution >= 4 is 11.7 Å². The van der Waals surface area contributed by atoms with Crippen molar-refractivity contribution in [3.8, 4) is 22.8 Å². The molecule has 2 aliphatic rings. The van der Waals surface area contributed by atoms with Crippen molar-refractivity contribution in [3.05, 3.63) is 60.2 Å². The molecule has 2 aromatic carbocycles. The maximum Gasteiger partial charge on any atom is 0.140 e. The molecule has 1 unspecified atom stereocenters. The predicted octanol–water partition coefficient (Wildman–Crippen LogP) is 4.47. The van der Waals surface area contributed by atoms with Gasteiger partial charge in [-0.1, -0.05) is 18.2 Å². The molecule has 1 fully saturated rings. The number of fused-ring (bicyclic) bond motifs is 1. The Morgan fingerprint density at radius 3 is 2.57 bits per heavy atom. The van der Waals surface area contributed by atoms with Crippen LogP contribution in [-0.4, -0.2) is 60.2 Å². The van der Waals surface area contributed by atoms with Crippen molar-refractivity contribution < 1.29 is 9.47 Å². The maximum absolute atomic E-state index is 6.45. The molecule has 8 heteroatoms. The number of anilines is 1. The Morgan fingerprint density at radius 1 is 1.09 bits per heavy atom. The fourth-order valence-corrected chi connectivity index (χ4v) is 4.98. The van der Waals surface area contributed by atoms with Crippen LogP contribution in [-0.2, 0) is 4.74 Å². The van der Waals surface area contributed by atoms with Gasteiger partial charge in [-0.15, -0.1) is 0 Å². The highest BCUT2D eigenvalue weighted by atomic mass is 16.5. The number of benzene rings is 2. The highest BCUT2D eigenvalue weighted by Crippen LogP contribution is 2.37. The Morgan fingerprint density at radius 2 is 1.83 bits per heavy atom. The number of rotatable bonds is 7. The molecule has 0 radical (unpaired) electrons. The van der Waals surface area contributed by atoms with E-state index < -0.39 is 0 Å². The first-order chi connectivity index (χ1) is 17.0. The number of nitrogens with two attached hydrogens (primary N) is 1. The SMILES string of the molecule is CCOC(C)N1CCC[C@@H](n2nc(-c3ccc(Oc4ccccc4)cc3)c3c2N(C)CN=C3N)C1. The summed E-state index contributed by atoms with van der Waals surface area (Å²) >= 11 is 0. The van der Waals surface area contributed by atoms with Gasteiger partial charge in [-0.05, 0) is 63.1 Å². The summed E-state index contributed by atoms with van der Waals surface area (Å²) < 4.78 is 14.0. The third-order valence-corrected chi connectivity index (χ3v) is 6.76. The van der Waals surface area contributed by atoms with Crippen molar-refractivity contribution in [3.63, 3.8) is 0 Å². The van der Waals surface area contributed by atoms with Crippen LogP contribution < -0.4 is 15.4 Å². The number of likely N-dealkylation sites (tertiary alicyclic amines) is 1. The smallest absolute Gasteiger partial charge is 0.140 e. The summed E-state index contributed by atoms with van der Waals surface area (Å²) in [5, 5.41) is 5.15. The number of ether oxygens (including phenoxy) is 2. The molecule has 1 aromatic heterocycles. The summed E-state index contributed by atoms with van der Waals surface area (Å²) in [5.74, 6) is 3.16. The second kappa shape index (κ2) is 10.1. The second-order valence-electron chi connectivity index (χ2n) is 9.16. The van der Waals surface area contributed by atoms with Crippen molar-refractivity contribution in [2.45, 2.75) is 39.0 Å². The molecule has 2 atom stereocenters. The summed E-state index contributed by atoms with van der Waals surface area (Å²) in [6.45, 7) is 7.34. The van der Waals surface area contributed by atoms with E-state index >= 15 is 0 Å². The lowest BCUT2D eigenvalue weighted by Gasteiger charge is -2.37. The minimum absolute atomic E-state index is 0.0928. The highest BCUT2D eigenvalue weighted by Gasteiger charge is 2.33. The van der Waals surface area contributed by atoms with Gasteiger partial charge in [-0.2, -0.15) is 5.10 Å². The lowest BCUT2D eigenvalue weighted by atomic mass is 10.0. The van der Waals surface area contributed by atoms with Gasteiger partial charge in [0.1, 0.15) is 41.7 Å². The number of piperidine rings is 1. The van der Waals surface area contributed by atoms with E-state index in [1.54, 1.807) is 0 Å². The molecule has 2 N–H and O–H groups in total. The number of para-hydroxylation sites is 1. The van der Waals surface area contributed by atoms with E-state index in [-0.39, 0.29) is 12.3 Å². The van der Waals surface area contributed by atoms with E-state index in [9.17, 15) is 0 Å². The van der Waals surface area contributed by atoms with E-state index in [0.717, 1.165) is 60.1 Å². The zero-order valence-electron chi connectivity index (χ0n) is 20.7. The van der Waals surface area contributed by atoms with Crippen LogP contribution in [0.3, 0.4) is 0 Å². The third-order valence-electron chi connectivity index (χ3n) is 6.76. The largest absolute Gasteiger partial charge is 0.457 e. The van der Waals surface area contributed by atoms with E-state index in [1.807, 2.05) is 61.5 Å². The van der Waals surface area contributed by atoms with Crippen molar-refractivity contribution in [1.29, 1.82) is 0 Å². The van der Waals surface area contributed by atoms with Crippen LogP contribution in [0.4, 0.5) is 5.82 Å². The third kappa shape index (κ3) is 4.76. The van der Waals surface area contributed by atoms with Crippen molar-refractivity contribution in [1.82, 2.24) is 14.7 Å². The van der Waals surface area contributed by atoms with Gasteiger partial charge in [0.25, 0.3) is 0 Å². The first-order valence-electron chi connectivity index (χ1n) is 12.4. The Labute approximate surface area is 207 Å². The molecule has 0 spiro atoms. The first-order valence-corrected chi connectivity index (χ1v) is 12.4. The highest BCUT2D eigenvalue weighted by molar-refractivity contribution is 6.08. The number of nitrogens with zero attached hydrogens (tertiary/aromatic N) is 5. The van der Waals surface area contributed by atoms with E-state index in [2.05, 4.69) is 33.4 Å². The normalized spacial score (nSPS) is 19.2. The first kappa shape index (κ1) is 23.4. The molecule has 0 aliphatic carbocycles. The van der Waals surface area contributed by atoms with Crippen molar-refractivity contribution in [2.24, 2.45) is 10.7 Å². The van der Waals surface area contributed by atoms with Gasteiger partial charge in [-0.3, -0.25) is 4.90 Å². The molecule has 2 aliphatic heterocycles. The number of aromatic nitrogens is 2. The van der Waals surface area contributed by atoms with Gasteiger partial charge in [-0.25, -0.2) is 9.67 Å². The molecule has 3 aromatic rings. The number of hydrogen-bond donors (Lipinski definition) is 1. The van der Waals surface area contributed by atoms with Gasteiger partial charge in [0.15, 0.2) is 0 Å². The van der Waals surface area contributed by atoms with Gasteiger partial charge >= 0.3 is 0 Å². The van der Waals surface area contributed by atoms with Gasteiger partial charge in [0.05, 0.1) is 11.6 Å². The summed E-state index contributed by atoms with van der Waals surface area (Å²) in [7, 11) is 2.05. The fraction of sp³-hybridized carbons (Fsp3) is 0.407. The monoisotopic (exact) mass is 474 g/mol. The lowest BCUT2D eigenvalue weighted by Crippen LogP contribution is -2.44. The minimum Gasteiger partial charge on any atom is -0.457 e.